The summed E-state index contributed by atoms with van der Waals surface area (Å²) >= 11 is 0. The van der Waals surface area contributed by atoms with Crippen molar-refractivity contribution in [3.8, 4) is 0 Å². The minimum Gasteiger partial charge on any atom is -0.317 e. The van der Waals surface area contributed by atoms with Crippen molar-refractivity contribution in [1.82, 2.24) is 10.2 Å². The Bertz CT molecular complexity index is 102. The molecule has 0 unspecified atom stereocenters. The van der Waals surface area contributed by atoms with Crippen LogP contribution in [0.5, 0.6) is 0 Å². The van der Waals surface area contributed by atoms with Crippen molar-refractivity contribution in [3.05, 3.63) is 12.7 Å². The van der Waals surface area contributed by atoms with Gasteiger partial charge >= 0.3 is 0 Å². The molecule has 2 nitrogen and oxygen atoms in total. The zero-order valence-corrected chi connectivity index (χ0v) is 8.47. The van der Waals surface area contributed by atoms with E-state index in [1.54, 1.807) is 0 Å². The highest BCUT2D eigenvalue weighted by atomic mass is 15.1. The van der Waals surface area contributed by atoms with Crippen LogP contribution < -0.4 is 5.32 Å². The van der Waals surface area contributed by atoms with Gasteiger partial charge in [-0.2, -0.15) is 0 Å². The first-order chi connectivity index (χ1) is 5.81. The van der Waals surface area contributed by atoms with E-state index in [0.29, 0.717) is 0 Å². The molecule has 0 aromatic carbocycles. The summed E-state index contributed by atoms with van der Waals surface area (Å²) in [6.45, 7) is 10.3. The van der Waals surface area contributed by atoms with Crippen molar-refractivity contribution in [2.75, 3.05) is 33.2 Å². The average molecular weight is 170 g/mol. The van der Waals surface area contributed by atoms with Gasteiger partial charge in [0.25, 0.3) is 0 Å². The standard InChI is InChI=1S/C10H22N2/c1-4-9-12(3)10-7-6-8-11-5-2/h4,11H,1,5-10H2,2-3H3. The fraction of sp³-hybridized carbons (Fsp3) is 0.800. The molecule has 0 saturated carbocycles. The van der Waals surface area contributed by atoms with Crippen molar-refractivity contribution < 1.29 is 0 Å². The van der Waals surface area contributed by atoms with Crippen molar-refractivity contribution in [3.63, 3.8) is 0 Å². The van der Waals surface area contributed by atoms with Crippen molar-refractivity contribution in [2.24, 2.45) is 0 Å². The number of unbranched alkanes of at least 4 members (excludes halogenated alkanes) is 1. The molecule has 0 fully saturated rings. The minimum absolute atomic E-state index is 1.00. The summed E-state index contributed by atoms with van der Waals surface area (Å²) in [4.78, 5) is 2.29. The number of rotatable bonds is 8. The van der Waals surface area contributed by atoms with Gasteiger partial charge in [0.2, 0.25) is 0 Å². The highest BCUT2D eigenvalue weighted by molar-refractivity contribution is 4.70. The van der Waals surface area contributed by atoms with Crippen molar-refractivity contribution in [2.45, 2.75) is 19.8 Å². The molecule has 0 aromatic heterocycles. The van der Waals surface area contributed by atoms with Gasteiger partial charge in [-0.15, -0.1) is 6.58 Å². The van der Waals surface area contributed by atoms with E-state index in [4.69, 9.17) is 0 Å². The van der Waals surface area contributed by atoms with Crippen LogP contribution in [0.4, 0.5) is 0 Å². The van der Waals surface area contributed by atoms with E-state index in [0.717, 1.165) is 19.6 Å². The van der Waals surface area contributed by atoms with Crippen molar-refractivity contribution >= 4 is 0 Å². The lowest BCUT2D eigenvalue weighted by atomic mass is 10.3. The van der Waals surface area contributed by atoms with Crippen LogP contribution >= 0.6 is 0 Å². The van der Waals surface area contributed by atoms with Gasteiger partial charge in [-0.05, 0) is 39.5 Å². The average Bonchev–Trinajstić information content (AvgIpc) is 2.05. The minimum atomic E-state index is 1.00. The highest BCUT2D eigenvalue weighted by Gasteiger charge is 1.93. The molecule has 0 spiro atoms. The molecule has 1 N–H and O–H groups in total. The van der Waals surface area contributed by atoms with Crippen LogP contribution in [0.15, 0.2) is 12.7 Å². The molecular weight excluding hydrogens is 148 g/mol. The lowest BCUT2D eigenvalue weighted by Crippen LogP contribution is -2.21. The SMILES string of the molecule is C=CCN(C)CCCCNCC. The third-order valence-corrected chi connectivity index (χ3v) is 1.83. The predicted octanol–water partition coefficient (Wildman–Crippen LogP) is 1.49. The number of nitrogens with one attached hydrogen (secondary N) is 1. The van der Waals surface area contributed by atoms with E-state index in [2.05, 4.69) is 30.8 Å². The van der Waals surface area contributed by atoms with Crippen LogP contribution in [-0.4, -0.2) is 38.1 Å². The Morgan fingerprint density at radius 2 is 2.17 bits per heavy atom. The van der Waals surface area contributed by atoms with Gasteiger partial charge in [0.1, 0.15) is 0 Å². The van der Waals surface area contributed by atoms with Gasteiger partial charge in [0.05, 0.1) is 0 Å². The Morgan fingerprint density at radius 1 is 1.42 bits per heavy atom. The van der Waals surface area contributed by atoms with E-state index in [1.807, 2.05) is 6.08 Å². The van der Waals surface area contributed by atoms with Crippen LogP contribution in [0.25, 0.3) is 0 Å². The first-order valence-electron chi connectivity index (χ1n) is 4.81. The molecule has 0 aliphatic carbocycles. The predicted molar refractivity (Wildman–Crippen MR) is 55.5 cm³/mol. The number of hydrogen-bond acceptors (Lipinski definition) is 2. The Balaban J connectivity index is 3.02. The third kappa shape index (κ3) is 7.76. The monoisotopic (exact) mass is 170 g/mol. The summed E-state index contributed by atoms with van der Waals surface area (Å²) in [7, 11) is 2.13. The third-order valence-electron chi connectivity index (χ3n) is 1.83. The molecule has 12 heavy (non-hydrogen) atoms. The zero-order valence-electron chi connectivity index (χ0n) is 8.47. The summed E-state index contributed by atoms with van der Waals surface area (Å²) in [5.74, 6) is 0. The molecule has 0 heterocycles. The second kappa shape index (κ2) is 8.75. The van der Waals surface area contributed by atoms with Crippen LogP contribution in [0, 0.1) is 0 Å². The van der Waals surface area contributed by atoms with E-state index in [1.165, 1.54) is 19.4 Å². The quantitative estimate of drug-likeness (QED) is 0.438. The van der Waals surface area contributed by atoms with Crippen LogP contribution in [-0.2, 0) is 0 Å². The number of hydrogen-bond donors (Lipinski definition) is 1. The molecule has 0 atom stereocenters. The van der Waals surface area contributed by atoms with Crippen LogP contribution in [0.2, 0.25) is 0 Å². The molecule has 0 saturated heterocycles. The maximum atomic E-state index is 3.70. The normalized spacial score (nSPS) is 10.6. The van der Waals surface area contributed by atoms with Crippen LogP contribution in [0.3, 0.4) is 0 Å². The second-order valence-electron chi connectivity index (χ2n) is 3.11. The topological polar surface area (TPSA) is 15.3 Å². The van der Waals surface area contributed by atoms with Crippen molar-refractivity contribution in [1.29, 1.82) is 0 Å². The Hall–Kier alpha value is -0.340. The van der Waals surface area contributed by atoms with E-state index in [9.17, 15) is 0 Å². The maximum Gasteiger partial charge on any atom is 0.0157 e. The fourth-order valence-electron chi connectivity index (χ4n) is 1.12. The molecule has 0 aromatic rings. The number of nitrogens with zero attached hydrogens (tertiary/aromatic N) is 1. The highest BCUT2D eigenvalue weighted by Crippen LogP contribution is 1.91. The lowest BCUT2D eigenvalue weighted by Gasteiger charge is -2.13. The van der Waals surface area contributed by atoms with Gasteiger partial charge < -0.3 is 10.2 Å². The lowest BCUT2D eigenvalue weighted by molar-refractivity contribution is 0.358. The summed E-state index contributed by atoms with van der Waals surface area (Å²) in [5, 5.41) is 3.32. The first-order valence-corrected chi connectivity index (χ1v) is 4.81. The fourth-order valence-corrected chi connectivity index (χ4v) is 1.12. The Kier molecular flexibility index (Phi) is 8.51. The number of likely N-dealkylation sites (N-methyl/N-ethyl adjacent to an activating group) is 1. The van der Waals surface area contributed by atoms with Gasteiger partial charge in [-0.1, -0.05) is 13.0 Å². The van der Waals surface area contributed by atoms with Crippen LogP contribution in [0.1, 0.15) is 19.8 Å². The molecule has 2 heteroatoms. The molecule has 0 radical (unpaired) electrons. The van der Waals surface area contributed by atoms with E-state index in [-0.39, 0.29) is 0 Å². The summed E-state index contributed by atoms with van der Waals surface area (Å²) in [6, 6.07) is 0. The molecule has 0 rings (SSSR count). The smallest absolute Gasteiger partial charge is 0.0157 e. The summed E-state index contributed by atoms with van der Waals surface area (Å²) < 4.78 is 0. The molecule has 0 aliphatic heterocycles. The van der Waals surface area contributed by atoms with E-state index < -0.39 is 0 Å². The van der Waals surface area contributed by atoms with Gasteiger partial charge in [0, 0.05) is 6.54 Å². The molecule has 0 aliphatic rings. The molecule has 0 amide bonds. The Morgan fingerprint density at radius 3 is 2.75 bits per heavy atom. The van der Waals surface area contributed by atoms with E-state index >= 15 is 0 Å². The largest absolute Gasteiger partial charge is 0.317 e. The summed E-state index contributed by atoms with van der Waals surface area (Å²) in [6.07, 6.45) is 4.50. The molecule has 0 bridgehead atoms. The maximum absolute atomic E-state index is 3.70. The van der Waals surface area contributed by atoms with Gasteiger partial charge in [-0.3, -0.25) is 0 Å². The van der Waals surface area contributed by atoms with Gasteiger partial charge in [-0.25, -0.2) is 0 Å². The molecule has 72 valence electrons. The van der Waals surface area contributed by atoms with Gasteiger partial charge in [0.15, 0.2) is 0 Å². The second-order valence-corrected chi connectivity index (χ2v) is 3.11. The molecular formula is C10H22N2. The first kappa shape index (κ1) is 11.7. The zero-order chi connectivity index (χ0) is 9.23. The summed E-state index contributed by atoms with van der Waals surface area (Å²) in [5.41, 5.74) is 0. The Labute approximate surface area is 76.6 Å².